The van der Waals surface area contributed by atoms with Crippen LogP contribution in [0.25, 0.3) is 88.3 Å². The smallest absolute Gasteiger partial charge is 0.0490 e. The van der Waals surface area contributed by atoms with Crippen molar-refractivity contribution in [2.75, 3.05) is 9.80 Å². The molecular formula is C72H54N2. The van der Waals surface area contributed by atoms with Gasteiger partial charge in [-0.05, 0) is 199 Å². The summed E-state index contributed by atoms with van der Waals surface area (Å²) < 4.78 is 0. The molecule has 0 aliphatic heterocycles. The van der Waals surface area contributed by atoms with Gasteiger partial charge in [0.25, 0.3) is 0 Å². The normalized spacial score (nSPS) is 11.5. The Balaban J connectivity index is 1.19. The number of fused-ring (bicyclic) bond motifs is 6. The molecule has 0 spiro atoms. The molecule has 2 heteroatoms. The molecule has 1 aliphatic rings. The number of para-hydroxylation sites is 2. The van der Waals surface area contributed by atoms with E-state index in [2.05, 4.69) is 292 Å². The van der Waals surface area contributed by atoms with Crippen LogP contribution in [-0.4, -0.2) is 0 Å². The third-order valence-electron chi connectivity index (χ3n) is 15.1. The van der Waals surface area contributed by atoms with Gasteiger partial charge in [-0.2, -0.15) is 0 Å². The minimum absolute atomic E-state index is 1.11. The van der Waals surface area contributed by atoms with Crippen LogP contribution in [0.3, 0.4) is 0 Å². The highest BCUT2D eigenvalue weighted by Gasteiger charge is 2.39. The summed E-state index contributed by atoms with van der Waals surface area (Å²) in [5.74, 6) is 0. The molecule has 12 aromatic carbocycles. The summed E-state index contributed by atoms with van der Waals surface area (Å²) in [6.45, 7) is 8.79. The third-order valence-corrected chi connectivity index (χ3v) is 15.1. The van der Waals surface area contributed by atoms with E-state index in [0.717, 1.165) is 34.1 Å². The topological polar surface area (TPSA) is 6.48 Å². The van der Waals surface area contributed by atoms with E-state index in [1.165, 1.54) is 111 Å². The second kappa shape index (κ2) is 18.4. The molecule has 2 nitrogen and oxygen atoms in total. The highest BCUT2D eigenvalue weighted by atomic mass is 15.1. The van der Waals surface area contributed by atoms with Gasteiger partial charge < -0.3 is 9.80 Å². The van der Waals surface area contributed by atoms with Gasteiger partial charge in [0.15, 0.2) is 0 Å². The van der Waals surface area contributed by atoms with Crippen LogP contribution in [0.2, 0.25) is 0 Å². The molecule has 0 saturated heterocycles. The van der Waals surface area contributed by atoms with Crippen molar-refractivity contribution in [3.8, 4) is 66.8 Å². The van der Waals surface area contributed by atoms with E-state index in [-0.39, 0.29) is 0 Å². The van der Waals surface area contributed by atoms with E-state index >= 15 is 0 Å². The van der Waals surface area contributed by atoms with Crippen molar-refractivity contribution in [1.29, 1.82) is 0 Å². The predicted octanol–water partition coefficient (Wildman–Crippen LogP) is 20.5. The Morgan fingerprint density at radius 1 is 0.216 bits per heavy atom. The fraction of sp³-hybridized carbons (Fsp3) is 0.0556. The molecule has 0 bridgehead atoms. The summed E-state index contributed by atoms with van der Waals surface area (Å²) in [6, 6.07) is 94.2. The number of nitrogens with zero attached hydrogens (tertiary/aromatic N) is 2. The fourth-order valence-electron chi connectivity index (χ4n) is 11.8. The van der Waals surface area contributed by atoms with Gasteiger partial charge in [-0.15, -0.1) is 0 Å². The zero-order valence-corrected chi connectivity index (χ0v) is 42.1. The van der Waals surface area contributed by atoms with Crippen molar-refractivity contribution in [1.82, 2.24) is 0 Å². The molecule has 0 atom stereocenters. The molecule has 0 aromatic heterocycles. The Bertz CT molecular complexity index is 3820. The monoisotopic (exact) mass is 946 g/mol. The maximum Gasteiger partial charge on any atom is 0.0490 e. The van der Waals surface area contributed by atoms with Gasteiger partial charge in [0.2, 0.25) is 0 Å². The van der Waals surface area contributed by atoms with E-state index in [4.69, 9.17) is 0 Å². The Morgan fingerprint density at radius 2 is 0.514 bits per heavy atom. The Morgan fingerprint density at radius 3 is 0.838 bits per heavy atom. The average Bonchev–Trinajstić information content (AvgIpc) is 3.48. The Kier molecular flexibility index (Phi) is 11.1. The molecule has 0 radical (unpaired) electrons. The lowest BCUT2D eigenvalue weighted by molar-refractivity contribution is 1.24. The first-order valence-corrected chi connectivity index (χ1v) is 25.8. The van der Waals surface area contributed by atoms with E-state index in [9.17, 15) is 0 Å². The number of benzene rings is 12. The molecule has 0 fully saturated rings. The van der Waals surface area contributed by atoms with Crippen LogP contribution in [-0.2, 0) is 0 Å². The first-order chi connectivity index (χ1) is 36.4. The van der Waals surface area contributed by atoms with Gasteiger partial charge in [0.1, 0.15) is 0 Å². The number of rotatable bonds is 10. The van der Waals surface area contributed by atoms with E-state index in [0.29, 0.717) is 0 Å². The van der Waals surface area contributed by atoms with Crippen LogP contribution in [0.5, 0.6) is 0 Å². The number of aryl methyl sites for hydroxylation is 4. The number of hydrogen-bond acceptors (Lipinski definition) is 2. The largest absolute Gasteiger partial charge is 0.310 e. The molecule has 0 unspecified atom stereocenters. The molecule has 13 rings (SSSR count). The third kappa shape index (κ3) is 7.49. The molecule has 12 aromatic rings. The van der Waals surface area contributed by atoms with Crippen LogP contribution >= 0.6 is 0 Å². The van der Waals surface area contributed by atoms with Gasteiger partial charge in [0.05, 0.1) is 0 Å². The summed E-state index contributed by atoms with van der Waals surface area (Å²) in [7, 11) is 0. The quantitative estimate of drug-likeness (QED) is 0.135. The van der Waals surface area contributed by atoms with Crippen molar-refractivity contribution in [3.63, 3.8) is 0 Å². The first-order valence-electron chi connectivity index (χ1n) is 25.8. The predicted molar refractivity (Wildman–Crippen MR) is 316 cm³/mol. The van der Waals surface area contributed by atoms with Crippen LogP contribution in [0.1, 0.15) is 22.3 Å². The van der Waals surface area contributed by atoms with Gasteiger partial charge >= 0.3 is 0 Å². The average molecular weight is 947 g/mol. The summed E-state index contributed by atoms with van der Waals surface area (Å²) in [5, 5.41) is 4.87. The molecule has 1 aliphatic carbocycles. The van der Waals surface area contributed by atoms with Crippen LogP contribution in [0.4, 0.5) is 34.1 Å². The second-order valence-electron chi connectivity index (χ2n) is 19.8. The number of hydrogen-bond donors (Lipinski definition) is 0. The Labute approximate surface area is 434 Å². The van der Waals surface area contributed by atoms with E-state index < -0.39 is 0 Å². The molecule has 0 N–H and O–H groups in total. The van der Waals surface area contributed by atoms with Crippen molar-refractivity contribution in [2.24, 2.45) is 0 Å². The van der Waals surface area contributed by atoms with Crippen LogP contribution < -0.4 is 9.80 Å². The minimum atomic E-state index is 1.11. The molecule has 352 valence electrons. The van der Waals surface area contributed by atoms with Crippen molar-refractivity contribution < 1.29 is 0 Å². The highest BCUT2D eigenvalue weighted by Crippen LogP contribution is 2.66. The maximum atomic E-state index is 2.47. The SMILES string of the molecule is Cc1cccc(N(c2ccc3c(-c4ccccc4)c4c(c(-c5ccccc5)c3c2)-c2c-4c(-c3ccccc3)c3cc(N(c4cccc(C)c4)c4ccccc4C)ccc3c2-c2ccccc2)c2ccccc2C)c1. The van der Waals surface area contributed by atoms with Crippen LogP contribution in [0.15, 0.2) is 255 Å². The fourth-order valence-corrected chi connectivity index (χ4v) is 11.8. The van der Waals surface area contributed by atoms with Gasteiger partial charge in [-0.25, -0.2) is 0 Å². The van der Waals surface area contributed by atoms with Gasteiger partial charge in [-0.3, -0.25) is 0 Å². The second-order valence-corrected chi connectivity index (χ2v) is 19.8. The van der Waals surface area contributed by atoms with Crippen molar-refractivity contribution in [2.45, 2.75) is 27.7 Å². The lowest BCUT2D eigenvalue weighted by atomic mass is 9.65. The Hall–Kier alpha value is -9.24. The maximum absolute atomic E-state index is 2.47. The van der Waals surface area contributed by atoms with E-state index in [1.54, 1.807) is 0 Å². The molecule has 74 heavy (non-hydrogen) atoms. The standard InChI is InChI=1S/C72H54N2/c1-47-23-21-35-55(43-47)73(63-37-19-17-25-49(63)3)57-39-41-59-61(45-57)67(53-31-13-7-14-32-53)71-69(65(59)51-27-9-5-10-28-51)72-68(54-33-15-8-16-34-54)62-46-58(40-42-60(62)66(70(71)72)52-29-11-6-12-30-52)74(56-36-22-24-48(2)44-56)64-38-20-18-26-50(64)4/h5-46H,1-4H3. The molecule has 0 saturated carbocycles. The molecular weight excluding hydrogens is 893 g/mol. The van der Waals surface area contributed by atoms with Gasteiger partial charge in [-0.1, -0.05) is 194 Å². The zero-order valence-electron chi connectivity index (χ0n) is 42.1. The van der Waals surface area contributed by atoms with Gasteiger partial charge in [0, 0.05) is 34.1 Å². The summed E-state index contributed by atoms with van der Waals surface area (Å²) in [6.07, 6.45) is 0. The van der Waals surface area contributed by atoms with Crippen molar-refractivity contribution >= 4 is 55.7 Å². The minimum Gasteiger partial charge on any atom is -0.310 e. The highest BCUT2D eigenvalue weighted by molar-refractivity contribution is 6.33. The van der Waals surface area contributed by atoms with E-state index in [1.807, 2.05) is 0 Å². The number of anilines is 6. The van der Waals surface area contributed by atoms with Crippen molar-refractivity contribution in [3.05, 3.63) is 277 Å². The summed E-state index contributed by atoms with van der Waals surface area (Å²) >= 11 is 0. The summed E-state index contributed by atoms with van der Waals surface area (Å²) in [4.78, 5) is 4.88. The van der Waals surface area contributed by atoms with Crippen LogP contribution in [0, 0.1) is 27.7 Å². The summed E-state index contributed by atoms with van der Waals surface area (Å²) in [5.41, 5.74) is 26.6. The zero-order chi connectivity index (χ0) is 49.9. The first kappa shape index (κ1) is 44.7. The lowest BCUT2D eigenvalue weighted by Crippen LogP contribution is -2.13. The molecule has 0 amide bonds. The molecule has 0 heterocycles. The lowest BCUT2D eigenvalue weighted by Gasteiger charge is -2.38.